The van der Waals surface area contributed by atoms with Gasteiger partial charge in [0.25, 0.3) is 15.9 Å². The predicted molar refractivity (Wildman–Crippen MR) is 139 cm³/mol. The van der Waals surface area contributed by atoms with E-state index in [1.807, 2.05) is 25.1 Å². The number of anilines is 2. The largest absolute Gasteiger partial charge is 0.455 e. The monoisotopic (exact) mass is 506 g/mol. The van der Waals surface area contributed by atoms with Gasteiger partial charge >= 0.3 is 0 Å². The van der Waals surface area contributed by atoms with Gasteiger partial charge < -0.3 is 10.1 Å². The van der Waals surface area contributed by atoms with Crippen LogP contribution in [-0.4, -0.2) is 14.3 Å². The van der Waals surface area contributed by atoms with Crippen molar-refractivity contribution >= 4 is 38.9 Å². The lowest BCUT2D eigenvalue weighted by Gasteiger charge is -2.15. The number of rotatable bonds is 7. The van der Waals surface area contributed by atoms with Crippen LogP contribution in [0.3, 0.4) is 0 Å². The summed E-state index contributed by atoms with van der Waals surface area (Å²) in [5.74, 6) is 0.579. The Morgan fingerprint density at radius 1 is 0.829 bits per heavy atom. The summed E-state index contributed by atoms with van der Waals surface area (Å²) < 4.78 is 34.2. The van der Waals surface area contributed by atoms with E-state index in [4.69, 9.17) is 16.3 Å². The molecule has 0 aromatic heterocycles. The molecule has 0 bridgehead atoms. The highest BCUT2D eigenvalue weighted by Gasteiger charge is 2.18. The second-order valence-electron chi connectivity index (χ2n) is 7.96. The van der Waals surface area contributed by atoms with E-state index in [2.05, 4.69) is 10.0 Å². The number of sulfonamides is 1. The van der Waals surface area contributed by atoms with Crippen molar-refractivity contribution < 1.29 is 17.9 Å². The molecular weight excluding hydrogens is 484 g/mol. The fraction of sp³-hybridized carbons (Fsp3) is 0.0741. The maximum absolute atomic E-state index is 13.1. The molecule has 0 heterocycles. The first-order chi connectivity index (χ1) is 16.7. The van der Waals surface area contributed by atoms with E-state index in [-0.39, 0.29) is 10.5 Å². The molecule has 4 aromatic rings. The van der Waals surface area contributed by atoms with E-state index in [1.54, 1.807) is 61.5 Å². The van der Waals surface area contributed by atoms with Crippen molar-refractivity contribution in [3.05, 3.63) is 113 Å². The van der Waals surface area contributed by atoms with Crippen LogP contribution < -0.4 is 14.8 Å². The molecule has 0 atom stereocenters. The number of amides is 1. The lowest BCUT2D eigenvalue weighted by molar-refractivity contribution is 0.102. The zero-order chi connectivity index (χ0) is 25.0. The van der Waals surface area contributed by atoms with Crippen LogP contribution in [0.4, 0.5) is 11.4 Å². The van der Waals surface area contributed by atoms with Crippen molar-refractivity contribution in [3.63, 3.8) is 0 Å². The molecule has 1 amide bonds. The smallest absolute Gasteiger partial charge is 0.261 e. The van der Waals surface area contributed by atoms with Crippen molar-refractivity contribution in [1.29, 1.82) is 0 Å². The summed E-state index contributed by atoms with van der Waals surface area (Å²) in [5.41, 5.74) is 2.59. The van der Waals surface area contributed by atoms with Gasteiger partial charge in [-0.3, -0.25) is 9.52 Å². The Morgan fingerprint density at radius 2 is 1.54 bits per heavy atom. The molecule has 0 aliphatic heterocycles. The summed E-state index contributed by atoms with van der Waals surface area (Å²) in [7, 11) is -3.82. The number of aryl methyl sites for hydroxylation is 2. The average Bonchev–Trinajstić information content (AvgIpc) is 2.83. The average molecular weight is 507 g/mol. The van der Waals surface area contributed by atoms with Gasteiger partial charge in [0, 0.05) is 10.6 Å². The minimum absolute atomic E-state index is 0.138. The van der Waals surface area contributed by atoms with Crippen LogP contribution in [0.2, 0.25) is 5.02 Å². The summed E-state index contributed by atoms with van der Waals surface area (Å²) in [6.45, 7) is 3.64. The topological polar surface area (TPSA) is 84.5 Å². The molecule has 178 valence electrons. The number of ether oxygens (including phenoxy) is 1. The maximum Gasteiger partial charge on any atom is 0.261 e. The van der Waals surface area contributed by atoms with Crippen LogP contribution in [0, 0.1) is 13.8 Å². The van der Waals surface area contributed by atoms with Crippen molar-refractivity contribution in [1.82, 2.24) is 0 Å². The normalized spacial score (nSPS) is 11.1. The number of carbonyl (C=O) groups excluding carboxylic acids is 1. The van der Waals surface area contributed by atoms with Gasteiger partial charge in [-0.15, -0.1) is 0 Å². The number of carbonyl (C=O) groups is 1. The molecule has 0 aliphatic carbocycles. The van der Waals surface area contributed by atoms with Crippen molar-refractivity contribution in [2.75, 3.05) is 10.0 Å². The Bertz CT molecular complexity index is 1470. The predicted octanol–water partition coefficient (Wildman–Crippen LogP) is 6.80. The van der Waals surface area contributed by atoms with E-state index in [1.165, 1.54) is 18.2 Å². The second kappa shape index (κ2) is 10.2. The third-order valence-corrected chi connectivity index (χ3v) is 6.85. The molecule has 4 aromatic carbocycles. The van der Waals surface area contributed by atoms with Gasteiger partial charge in [0.2, 0.25) is 0 Å². The van der Waals surface area contributed by atoms with E-state index in [9.17, 15) is 13.2 Å². The fourth-order valence-electron chi connectivity index (χ4n) is 3.29. The Labute approximate surface area is 209 Å². The lowest BCUT2D eigenvalue weighted by atomic mass is 10.1. The van der Waals surface area contributed by atoms with Crippen LogP contribution in [0.15, 0.2) is 95.9 Å². The van der Waals surface area contributed by atoms with Gasteiger partial charge in [0.15, 0.2) is 5.75 Å². The van der Waals surface area contributed by atoms with Crippen molar-refractivity contribution in [2.24, 2.45) is 0 Å². The quantitative estimate of drug-likeness (QED) is 0.288. The molecule has 2 N–H and O–H groups in total. The number of nitrogens with one attached hydrogen (secondary N) is 2. The first kappa shape index (κ1) is 24.3. The Morgan fingerprint density at radius 3 is 2.26 bits per heavy atom. The molecule has 6 nitrogen and oxygen atoms in total. The highest BCUT2D eigenvalue weighted by atomic mass is 35.5. The highest BCUT2D eigenvalue weighted by Crippen LogP contribution is 2.32. The fourth-order valence-corrected chi connectivity index (χ4v) is 4.59. The number of hydrogen-bond donors (Lipinski definition) is 2. The van der Waals surface area contributed by atoms with Crippen LogP contribution in [-0.2, 0) is 10.0 Å². The van der Waals surface area contributed by atoms with Gasteiger partial charge in [-0.05, 0) is 74.0 Å². The maximum atomic E-state index is 13.1. The van der Waals surface area contributed by atoms with E-state index < -0.39 is 15.9 Å². The van der Waals surface area contributed by atoms with E-state index in [0.717, 1.165) is 5.56 Å². The minimum atomic E-state index is -3.82. The summed E-state index contributed by atoms with van der Waals surface area (Å²) >= 11 is 6.15. The van der Waals surface area contributed by atoms with Gasteiger partial charge in [-0.2, -0.15) is 0 Å². The van der Waals surface area contributed by atoms with Crippen LogP contribution in [0.5, 0.6) is 11.5 Å². The van der Waals surface area contributed by atoms with E-state index >= 15 is 0 Å². The molecular formula is C27H23ClN2O4S. The number of hydrogen-bond acceptors (Lipinski definition) is 4. The summed E-state index contributed by atoms with van der Waals surface area (Å²) in [6, 6.07) is 25.4. The van der Waals surface area contributed by atoms with Gasteiger partial charge in [0.1, 0.15) is 5.75 Å². The first-order valence-electron chi connectivity index (χ1n) is 10.8. The third kappa shape index (κ3) is 6.01. The molecule has 35 heavy (non-hydrogen) atoms. The van der Waals surface area contributed by atoms with Crippen LogP contribution in [0.1, 0.15) is 21.5 Å². The Kier molecular flexibility index (Phi) is 7.10. The third-order valence-electron chi connectivity index (χ3n) is 5.24. The highest BCUT2D eigenvalue weighted by molar-refractivity contribution is 7.92. The molecule has 4 rings (SSSR count). The SMILES string of the molecule is Cc1ccc(S(=O)(=O)Nc2cc(C(=O)Nc3cc(Cl)ccc3Oc3ccccc3)ccc2C)cc1. The summed E-state index contributed by atoms with van der Waals surface area (Å²) in [6.07, 6.45) is 0. The molecule has 0 unspecified atom stereocenters. The van der Waals surface area contributed by atoms with Crippen LogP contribution >= 0.6 is 11.6 Å². The first-order valence-corrected chi connectivity index (χ1v) is 12.6. The summed E-state index contributed by atoms with van der Waals surface area (Å²) in [4.78, 5) is 13.2. The number of para-hydroxylation sites is 1. The minimum Gasteiger partial charge on any atom is -0.455 e. The van der Waals surface area contributed by atoms with Crippen molar-refractivity contribution in [3.8, 4) is 11.5 Å². The van der Waals surface area contributed by atoms with E-state index in [0.29, 0.717) is 33.5 Å². The molecule has 0 fully saturated rings. The Hall–Kier alpha value is -3.81. The lowest BCUT2D eigenvalue weighted by Crippen LogP contribution is -2.16. The molecule has 0 saturated heterocycles. The van der Waals surface area contributed by atoms with Crippen molar-refractivity contribution in [2.45, 2.75) is 18.7 Å². The zero-order valence-electron chi connectivity index (χ0n) is 19.1. The molecule has 0 aliphatic rings. The molecule has 8 heteroatoms. The Balaban J connectivity index is 1.58. The summed E-state index contributed by atoms with van der Waals surface area (Å²) in [5, 5.41) is 3.24. The van der Waals surface area contributed by atoms with Gasteiger partial charge in [-0.1, -0.05) is 53.6 Å². The number of halogens is 1. The molecule has 0 radical (unpaired) electrons. The standard InChI is InChI=1S/C27H23ClN2O4S/c1-18-8-13-23(14-9-18)35(32,33)30-24-16-20(11-10-19(24)2)27(31)29-25-17-21(28)12-15-26(25)34-22-6-4-3-5-7-22/h3-17,30H,1-2H3,(H,29,31). The second-order valence-corrected chi connectivity index (χ2v) is 10.1. The number of benzene rings is 4. The molecule has 0 saturated carbocycles. The van der Waals surface area contributed by atoms with Crippen LogP contribution in [0.25, 0.3) is 0 Å². The van der Waals surface area contributed by atoms with Gasteiger partial charge in [0.05, 0.1) is 16.3 Å². The zero-order valence-corrected chi connectivity index (χ0v) is 20.7. The molecule has 0 spiro atoms. The van der Waals surface area contributed by atoms with Gasteiger partial charge in [-0.25, -0.2) is 8.42 Å².